The Kier molecular flexibility index (Phi) is 4.57. The molecule has 0 amide bonds. The third-order valence-electron chi connectivity index (χ3n) is 3.70. The Balaban J connectivity index is 1.93. The molecule has 1 unspecified atom stereocenters. The van der Waals surface area contributed by atoms with Crippen molar-refractivity contribution in [3.63, 3.8) is 0 Å². The molecule has 17 heavy (non-hydrogen) atoms. The fourth-order valence-corrected chi connectivity index (χ4v) is 2.42. The molecule has 1 aromatic carbocycles. The summed E-state index contributed by atoms with van der Waals surface area (Å²) < 4.78 is 0. The Labute approximate surface area is 105 Å². The minimum atomic E-state index is 0.503. The van der Waals surface area contributed by atoms with Gasteiger partial charge in [-0.2, -0.15) is 0 Å². The maximum absolute atomic E-state index is 5.95. The van der Waals surface area contributed by atoms with E-state index in [-0.39, 0.29) is 0 Å². The van der Waals surface area contributed by atoms with Crippen molar-refractivity contribution in [2.75, 3.05) is 19.6 Å². The van der Waals surface area contributed by atoms with E-state index in [1.54, 1.807) is 0 Å². The number of hydrogen-bond acceptors (Lipinski definition) is 2. The van der Waals surface area contributed by atoms with Gasteiger partial charge in [-0.1, -0.05) is 37.3 Å². The molecule has 2 N–H and O–H groups in total. The van der Waals surface area contributed by atoms with Crippen LogP contribution in [0.2, 0.25) is 0 Å². The Morgan fingerprint density at radius 2 is 2.00 bits per heavy atom. The Hall–Kier alpha value is -0.860. The quantitative estimate of drug-likeness (QED) is 0.781. The predicted octanol–water partition coefficient (Wildman–Crippen LogP) is 2.29. The van der Waals surface area contributed by atoms with Crippen molar-refractivity contribution < 1.29 is 0 Å². The molecule has 1 aliphatic carbocycles. The van der Waals surface area contributed by atoms with Gasteiger partial charge in [0, 0.05) is 19.1 Å². The first-order valence-corrected chi connectivity index (χ1v) is 6.81. The average Bonchev–Trinajstić information content (AvgIpc) is 3.18. The van der Waals surface area contributed by atoms with E-state index in [0.717, 1.165) is 25.4 Å². The zero-order valence-electron chi connectivity index (χ0n) is 10.8. The second-order valence-electron chi connectivity index (χ2n) is 5.11. The minimum Gasteiger partial charge on any atom is -0.329 e. The summed E-state index contributed by atoms with van der Waals surface area (Å²) in [7, 11) is 0. The van der Waals surface area contributed by atoms with Crippen LogP contribution in [-0.4, -0.2) is 30.6 Å². The lowest BCUT2D eigenvalue weighted by molar-refractivity contribution is 0.200. The zero-order valence-corrected chi connectivity index (χ0v) is 10.8. The third kappa shape index (κ3) is 3.83. The average molecular weight is 232 g/mol. The second-order valence-corrected chi connectivity index (χ2v) is 5.11. The summed E-state index contributed by atoms with van der Waals surface area (Å²) >= 11 is 0. The van der Waals surface area contributed by atoms with Crippen LogP contribution in [0.5, 0.6) is 0 Å². The molecule has 0 saturated heterocycles. The van der Waals surface area contributed by atoms with E-state index in [1.807, 2.05) is 0 Å². The van der Waals surface area contributed by atoms with Gasteiger partial charge < -0.3 is 5.73 Å². The molecule has 0 spiro atoms. The summed E-state index contributed by atoms with van der Waals surface area (Å²) in [5.74, 6) is 0.944. The van der Waals surface area contributed by atoms with Gasteiger partial charge in [0.1, 0.15) is 0 Å². The van der Waals surface area contributed by atoms with Gasteiger partial charge in [-0.15, -0.1) is 0 Å². The van der Waals surface area contributed by atoms with Gasteiger partial charge >= 0.3 is 0 Å². The molecule has 1 atom stereocenters. The number of rotatable bonds is 7. The zero-order chi connectivity index (χ0) is 12.1. The highest BCUT2D eigenvalue weighted by Gasteiger charge is 2.26. The van der Waals surface area contributed by atoms with E-state index in [1.165, 1.54) is 24.9 Å². The van der Waals surface area contributed by atoms with Gasteiger partial charge in [0.2, 0.25) is 0 Å². The lowest BCUT2D eigenvalue weighted by Crippen LogP contribution is -2.43. The first-order valence-electron chi connectivity index (χ1n) is 6.81. The summed E-state index contributed by atoms with van der Waals surface area (Å²) in [5.41, 5.74) is 7.35. The standard InChI is InChI=1S/C15H24N2/c1-2-17(12-14-8-9-14)15(11-16)10-13-6-4-3-5-7-13/h3-7,14-15H,2,8-12,16H2,1H3. The number of likely N-dealkylation sites (N-methyl/N-ethyl adjacent to an activating group) is 1. The Bertz CT molecular complexity index is 319. The summed E-state index contributed by atoms with van der Waals surface area (Å²) in [6, 6.07) is 11.2. The third-order valence-corrected chi connectivity index (χ3v) is 3.70. The van der Waals surface area contributed by atoms with Crippen molar-refractivity contribution in [1.29, 1.82) is 0 Å². The van der Waals surface area contributed by atoms with E-state index in [2.05, 4.69) is 42.2 Å². The van der Waals surface area contributed by atoms with Gasteiger partial charge in [0.05, 0.1) is 0 Å². The van der Waals surface area contributed by atoms with Crippen molar-refractivity contribution in [2.45, 2.75) is 32.2 Å². The van der Waals surface area contributed by atoms with E-state index in [9.17, 15) is 0 Å². The van der Waals surface area contributed by atoms with Crippen LogP contribution in [0.15, 0.2) is 30.3 Å². The van der Waals surface area contributed by atoms with Crippen molar-refractivity contribution in [1.82, 2.24) is 4.90 Å². The van der Waals surface area contributed by atoms with Crippen LogP contribution in [-0.2, 0) is 6.42 Å². The first-order chi connectivity index (χ1) is 8.33. The molecule has 1 aliphatic rings. The lowest BCUT2D eigenvalue weighted by Gasteiger charge is -2.30. The summed E-state index contributed by atoms with van der Waals surface area (Å²) in [5, 5.41) is 0. The minimum absolute atomic E-state index is 0.503. The SMILES string of the molecule is CCN(CC1CC1)C(CN)Cc1ccccc1. The molecule has 94 valence electrons. The van der Waals surface area contributed by atoms with Crippen LogP contribution in [0.3, 0.4) is 0 Å². The fourth-order valence-electron chi connectivity index (χ4n) is 2.42. The highest BCUT2D eigenvalue weighted by Crippen LogP contribution is 2.30. The highest BCUT2D eigenvalue weighted by atomic mass is 15.2. The van der Waals surface area contributed by atoms with Gasteiger partial charge in [-0.05, 0) is 37.3 Å². The molecular formula is C15H24N2. The smallest absolute Gasteiger partial charge is 0.0258 e. The number of hydrogen-bond donors (Lipinski definition) is 1. The highest BCUT2D eigenvalue weighted by molar-refractivity contribution is 5.16. The van der Waals surface area contributed by atoms with Gasteiger partial charge in [-0.3, -0.25) is 4.90 Å². The van der Waals surface area contributed by atoms with Crippen LogP contribution in [0.1, 0.15) is 25.3 Å². The molecular weight excluding hydrogens is 208 g/mol. The van der Waals surface area contributed by atoms with Crippen LogP contribution in [0.4, 0.5) is 0 Å². The van der Waals surface area contributed by atoms with E-state index in [0.29, 0.717) is 6.04 Å². The second kappa shape index (κ2) is 6.18. The number of benzene rings is 1. The molecule has 1 aromatic rings. The molecule has 0 radical (unpaired) electrons. The molecule has 2 nitrogen and oxygen atoms in total. The topological polar surface area (TPSA) is 29.3 Å². The molecule has 0 heterocycles. The largest absolute Gasteiger partial charge is 0.329 e. The van der Waals surface area contributed by atoms with Crippen LogP contribution in [0.25, 0.3) is 0 Å². The van der Waals surface area contributed by atoms with E-state index >= 15 is 0 Å². The maximum Gasteiger partial charge on any atom is 0.0258 e. The fraction of sp³-hybridized carbons (Fsp3) is 0.600. The number of nitrogens with zero attached hydrogens (tertiary/aromatic N) is 1. The molecule has 0 aromatic heterocycles. The van der Waals surface area contributed by atoms with Gasteiger partial charge in [-0.25, -0.2) is 0 Å². The van der Waals surface area contributed by atoms with Crippen LogP contribution < -0.4 is 5.73 Å². The molecule has 1 fully saturated rings. The van der Waals surface area contributed by atoms with Crippen LogP contribution in [0, 0.1) is 5.92 Å². The first kappa shape index (κ1) is 12.6. The van der Waals surface area contributed by atoms with Crippen molar-refractivity contribution in [2.24, 2.45) is 11.7 Å². The van der Waals surface area contributed by atoms with E-state index in [4.69, 9.17) is 5.73 Å². The van der Waals surface area contributed by atoms with Gasteiger partial charge in [0.25, 0.3) is 0 Å². The molecule has 2 heteroatoms. The predicted molar refractivity (Wildman–Crippen MR) is 73.0 cm³/mol. The van der Waals surface area contributed by atoms with Crippen molar-refractivity contribution >= 4 is 0 Å². The monoisotopic (exact) mass is 232 g/mol. The Morgan fingerprint density at radius 3 is 2.53 bits per heavy atom. The normalized spacial score (nSPS) is 17.4. The molecule has 1 saturated carbocycles. The molecule has 0 bridgehead atoms. The van der Waals surface area contributed by atoms with Crippen molar-refractivity contribution in [3.05, 3.63) is 35.9 Å². The maximum atomic E-state index is 5.95. The van der Waals surface area contributed by atoms with Crippen molar-refractivity contribution in [3.8, 4) is 0 Å². The van der Waals surface area contributed by atoms with E-state index < -0.39 is 0 Å². The van der Waals surface area contributed by atoms with Gasteiger partial charge in [0.15, 0.2) is 0 Å². The van der Waals surface area contributed by atoms with Crippen LogP contribution >= 0.6 is 0 Å². The molecule has 0 aliphatic heterocycles. The number of nitrogens with two attached hydrogens (primary N) is 1. The Morgan fingerprint density at radius 1 is 1.29 bits per heavy atom. The summed E-state index contributed by atoms with van der Waals surface area (Å²) in [6.45, 7) is 5.36. The lowest BCUT2D eigenvalue weighted by atomic mass is 10.0. The molecule has 2 rings (SSSR count). The summed E-state index contributed by atoms with van der Waals surface area (Å²) in [6.07, 6.45) is 3.91. The summed E-state index contributed by atoms with van der Waals surface area (Å²) in [4.78, 5) is 2.56.